The lowest BCUT2D eigenvalue weighted by Gasteiger charge is -2.05. The predicted molar refractivity (Wildman–Crippen MR) is 60.3 cm³/mol. The number of aromatic carboxylic acids is 1. The van der Waals surface area contributed by atoms with Gasteiger partial charge < -0.3 is 5.11 Å². The van der Waals surface area contributed by atoms with Gasteiger partial charge in [0.1, 0.15) is 5.82 Å². The van der Waals surface area contributed by atoms with Crippen molar-refractivity contribution in [3.8, 4) is 11.3 Å². The van der Waals surface area contributed by atoms with Gasteiger partial charge in [-0.2, -0.15) is 5.10 Å². The van der Waals surface area contributed by atoms with E-state index in [0.29, 0.717) is 5.56 Å². The number of benzene rings is 1. The molecule has 1 heterocycles. The zero-order chi connectivity index (χ0) is 12.6. The SMILES string of the molecule is Cc1cnn(C)c1-c1ccc(C(=O)O)c(F)c1. The Kier molecular flexibility index (Phi) is 2.67. The lowest BCUT2D eigenvalue weighted by molar-refractivity contribution is 0.0692. The number of carbonyl (C=O) groups is 1. The summed E-state index contributed by atoms with van der Waals surface area (Å²) in [4.78, 5) is 10.7. The molecule has 17 heavy (non-hydrogen) atoms. The number of hydrogen-bond donors (Lipinski definition) is 1. The van der Waals surface area contributed by atoms with Crippen LogP contribution in [0, 0.1) is 12.7 Å². The fourth-order valence-electron chi connectivity index (χ4n) is 1.80. The van der Waals surface area contributed by atoms with Crippen LogP contribution in [0.2, 0.25) is 0 Å². The Hall–Kier alpha value is -2.17. The average Bonchev–Trinajstić information content (AvgIpc) is 2.58. The van der Waals surface area contributed by atoms with Gasteiger partial charge in [0.25, 0.3) is 0 Å². The molecule has 0 atom stereocenters. The molecule has 0 aliphatic heterocycles. The number of rotatable bonds is 2. The van der Waals surface area contributed by atoms with Crippen molar-refractivity contribution in [1.29, 1.82) is 0 Å². The quantitative estimate of drug-likeness (QED) is 0.866. The Labute approximate surface area is 97.3 Å². The zero-order valence-electron chi connectivity index (χ0n) is 9.44. The third kappa shape index (κ3) is 1.91. The maximum absolute atomic E-state index is 13.5. The van der Waals surface area contributed by atoms with E-state index in [0.717, 1.165) is 11.3 Å². The van der Waals surface area contributed by atoms with Gasteiger partial charge in [0.2, 0.25) is 0 Å². The molecule has 2 aromatic rings. The van der Waals surface area contributed by atoms with Gasteiger partial charge in [-0.25, -0.2) is 9.18 Å². The summed E-state index contributed by atoms with van der Waals surface area (Å²) in [5, 5.41) is 12.8. The molecule has 0 saturated heterocycles. The van der Waals surface area contributed by atoms with Crippen LogP contribution in [-0.4, -0.2) is 20.9 Å². The maximum atomic E-state index is 13.5. The van der Waals surface area contributed by atoms with E-state index >= 15 is 0 Å². The molecule has 0 radical (unpaired) electrons. The van der Waals surface area contributed by atoms with Gasteiger partial charge in [-0.05, 0) is 24.6 Å². The molecule has 0 fully saturated rings. The molecule has 0 saturated carbocycles. The molecule has 0 amide bonds. The Morgan fingerprint density at radius 1 is 1.47 bits per heavy atom. The smallest absolute Gasteiger partial charge is 0.338 e. The fraction of sp³-hybridized carbons (Fsp3) is 0.167. The van der Waals surface area contributed by atoms with Crippen molar-refractivity contribution in [3.05, 3.63) is 41.3 Å². The number of carboxylic acids is 1. The maximum Gasteiger partial charge on any atom is 0.338 e. The fourth-order valence-corrected chi connectivity index (χ4v) is 1.80. The molecule has 5 heteroatoms. The van der Waals surface area contributed by atoms with Crippen molar-refractivity contribution in [3.63, 3.8) is 0 Å². The molecule has 0 unspecified atom stereocenters. The number of aromatic nitrogens is 2. The van der Waals surface area contributed by atoms with Crippen molar-refractivity contribution in [2.75, 3.05) is 0 Å². The lowest BCUT2D eigenvalue weighted by Crippen LogP contribution is -2.01. The highest BCUT2D eigenvalue weighted by atomic mass is 19.1. The first kappa shape index (κ1) is 11.3. The standard InChI is InChI=1S/C12H11FN2O2/c1-7-6-14-15(2)11(7)8-3-4-9(12(16)17)10(13)5-8/h3-6H,1-2H3,(H,16,17). The summed E-state index contributed by atoms with van der Waals surface area (Å²) in [6, 6.07) is 4.06. The first-order chi connectivity index (χ1) is 8.00. The Balaban J connectivity index is 2.56. The Morgan fingerprint density at radius 3 is 2.65 bits per heavy atom. The normalized spacial score (nSPS) is 10.5. The van der Waals surface area contributed by atoms with E-state index in [9.17, 15) is 9.18 Å². The molecule has 2 rings (SSSR count). The molecule has 1 aromatic carbocycles. The summed E-state index contributed by atoms with van der Waals surface area (Å²) < 4.78 is 15.2. The summed E-state index contributed by atoms with van der Waals surface area (Å²) in [5.74, 6) is -2.01. The number of carboxylic acid groups (broad SMARTS) is 1. The number of hydrogen-bond acceptors (Lipinski definition) is 2. The lowest BCUT2D eigenvalue weighted by atomic mass is 10.1. The van der Waals surface area contributed by atoms with Crippen LogP contribution in [0.25, 0.3) is 11.3 Å². The van der Waals surface area contributed by atoms with Gasteiger partial charge in [0.15, 0.2) is 0 Å². The molecule has 4 nitrogen and oxygen atoms in total. The number of aryl methyl sites for hydroxylation is 2. The van der Waals surface area contributed by atoms with E-state index < -0.39 is 11.8 Å². The first-order valence-electron chi connectivity index (χ1n) is 5.02. The van der Waals surface area contributed by atoms with E-state index in [1.807, 2.05) is 6.92 Å². The topological polar surface area (TPSA) is 55.1 Å². The minimum absolute atomic E-state index is 0.325. The van der Waals surface area contributed by atoms with Crippen LogP contribution >= 0.6 is 0 Å². The van der Waals surface area contributed by atoms with Gasteiger partial charge in [-0.1, -0.05) is 6.07 Å². The molecule has 0 spiro atoms. The second-order valence-electron chi connectivity index (χ2n) is 3.80. The minimum atomic E-state index is -1.27. The van der Waals surface area contributed by atoms with Gasteiger partial charge in [0, 0.05) is 12.6 Å². The summed E-state index contributed by atoms with van der Waals surface area (Å²) >= 11 is 0. The van der Waals surface area contributed by atoms with E-state index in [4.69, 9.17) is 5.11 Å². The summed E-state index contributed by atoms with van der Waals surface area (Å²) in [5.41, 5.74) is 1.98. The third-order valence-corrected chi connectivity index (χ3v) is 2.59. The van der Waals surface area contributed by atoms with Crippen molar-refractivity contribution in [1.82, 2.24) is 9.78 Å². The summed E-state index contributed by atoms with van der Waals surface area (Å²) in [6.45, 7) is 1.87. The molecular formula is C12H11FN2O2. The van der Waals surface area contributed by atoms with Crippen molar-refractivity contribution >= 4 is 5.97 Å². The zero-order valence-corrected chi connectivity index (χ0v) is 9.44. The molecule has 1 N–H and O–H groups in total. The van der Waals surface area contributed by atoms with Gasteiger partial charge in [-0.3, -0.25) is 4.68 Å². The van der Waals surface area contributed by atoms with E-state index in [1.165, 1.54) is 12.1 Å². The van der Waals surface area contributed by atoms with Crippen molar-refractivity contribution < 1.29 is 14.3 Å². The van der Waals surface area contributed by atoms with Crippen LogP contribution in [0.1, 0.15) is 15.9 Å². The molecule has 0 aliphatic rings. The van der Waals surface area contributed by atoms with E-state index in [2.05, 4.69) is 5.10 Å². The van der Waals surface area contributed by atoms with Crippen LogP contribution in [0.4, 0.5) is 4.39 Å². The highest BCUT2D eigenvalue weighted by Gasteiger charge is 2.13. The van der Waals surface area contributed by atoms with Crippen LogP contribution in [0.3, 0.4) is 0 Å². The second kappa shape index (κ2) is 4.01. The van der Waals surface area contributed by atoms with Crippen LogP contribution < -0.4 is 0 Å². The monoisotopic (exact) mass is 234 g/mol. The molecule has 1 aromatic heterocycles. The first-order valence-corrected chi connectivity index (χ1v) is 5.02. The number of nitrogens with zero attached hydrogens (tertiary/aromatic N) is 2. The summed E-state index contributed by atoms with van der Waals surface area (Å²) in [7, 11) is 1.76. The van der Waals surface area contributed by atoms with Crippen molar-refractivity contribution in [2.45, 2.75) is 6.92 Å². The van der Waals surface area contributed by atoms with Crippen LogP contribution in [-0.2, 0) is 7.05 Å². The average molecular weight is 234 g/mol. The highest BCUT2D eigenvalue weighted by Crippen LogP contribution is 2.24. The van der Waals surface area contributed by atoms with Crippen LogP contribution in [0.5, 0.6) is 0 Å². The van der Waals surface area contributed by atoms with Crippen LogP contribution in [0.15, 0.2) is 24.4 Å². The Bertz CT molecular complexity index is 571. The van der Waals surface area contributed by atoms with E-state index in [1.54, 1.807) is 24.0 Å². The highest BCUT2D eigenvalue weighted by molar-refractivity contribution is 5.88. The third-order valence-electron chi connectivity index (χ3n) is 2.59. The van der Waals surface area contributed by atoms with E-state index in [-0.39, 0.29) is 5.56 Å². The second-order valence-corrected chi connectivity index (χ2v) is 3.80. The van der Waals surface area contributed by atoms with Gasteiger partial charge in [0.05, 0.1) is 17.5 Å². The molecule has 88 valence electrons. The predicted octanol–water partition coefficient (Wildman–Crippen LogP) is 2.23. The number of halogens is 1. The van der Waals surface area contributed by atoms with Gasteiger partial charge in [-0.15, -0.1) is 0 Å². The largest absolute Gasteiger partial charge is 0.478 e. The van der Waals surface area contributed by atoms with Gasteiger partial charge >= 0.3 is 5.97 Å². The molecule has 0 bridgehead atoms. The Morgan fingerprint density at radius 2 is 2.18 bits per heavy atom. The summed E-state index contributed by atoms with van der Waals surface area (Å²) in [6.07, 6.45) is 1.68. The molecule has 0 aliphatic carbocycles. The minimum Gasteiger partial charge on any atom is -0.478 e. The molecular weight excluding hydrogens is 223 g/mol. The van der Waals surface area contributed by atoms with Crippen molar-refractivity contribution in [2.24, 2.45) is 7.05 Å².